The minimum Gasteiger partial charge on any atom is -0.507 e. The summed E-state index contributed by atoms with van der Waals surface area (Å²) in [7, 11) is 1.46. The van der Waals surface area contributed by atoms with Gasteiger partial charge in [-0.2, -0.15) is 0 Å². The molecule has 0 aromatic heterocycles. The van der Waals surface area contributed by atoms with Crippen LogP contribution in [0.4, 0.5) is 0 Å². The second-order valence-corrected chi connectivity index (χ2v) is 11.4. The van der Waals surface area contributed by atoms with Crippen LogP contribution < -0.4 is 9.47 Å². The van der Waals surface area contributed by atoms with Crippen molar-refractivity contribution in [1.82, 2.24) is 0 Å². The van der Waals surface area contributed by atoms with Gasteiger partial charge in [-0.05, 0) is 48.0 Å². The van der Waals surface area contributed by atoms with Crippen LogP contribution in [0.15, 0.2) is 41.0 Å². The van der Waals surface area contributed by atoms with Crippen LogP contribution in [0.3, 0.4) is 0 Å². The van der Waals surface area contributed by atoms with Gasteiger partial charge in [0.15, 0.2) is 5.60 Å². The topological polar surface area (TPSA) is 82.1 Å². The Morgan fingerprint density at radius 1 is 1.17 bits per heavy atom. The van der Waals surface area contributed by atoms with E-state index in [4.69, 9.17) is 14.2 Å². The molecule has 0 unspecified atom stereocenters. The molecule has 1 spiro atoms. The van der Waals surface area contributed by atoms with Gasteiger partial charge in [-0.25, -0.2) is 0 Å². The van der Waals surface area contributed by atoms with Gasteiger partial charge < -0.3 is 19.3 Å². The lowest BCUT2D eigenvalue weighted by Crippen LogP contribution is -2.68. The molecule has 2 aliphatic heterocycles. The second-order valence-electron chi connectivity index (χ2n) is 11.4. The minimum absolute atomic E-state index is 0.0179. The number of phenolic OH excluding ortho intramolecular Hbond substituents is 1. The maximum absolute atomic E-state index is 14.4. The predicted octanol–water partition coefficient (Wildman–Crippen LogP) is 5.27. The number of carbonyl (C=O) groups is 2. The zero-order valence-electron chi connectivity index (χ0n) is 21.6. The number of methoxy groups -OCH3 is 1. The van der Waals surface area contributed by atoms with E-state index >= 15 is 0 Å². The van der Waals surface area contributed by atoms with Gasteiger partial charge in [0.1, 0.15) is 28.4 Å². The van der Waals surface area contributed by atoms with E-state index in [2.05, 4.69) is 0 Å². The number of rotatable bonds is 5. The summed E-state index contributed by atoms with van der Waals surface area (Å²) in [6, 6.07) is 1.46. The highest BCUT2D eigenvalue weighted by atomic mass is 16.6. The SMILES string of the molecule is COc1cc(O)c(CC=C(C)C)c2c1C(=O)C1=C[C@@H]3[C@@H]4C[C@@]1(O2)C(=O)[C@@]3(CC=C(C)C)OC4(C)C. The first-order chi connectivity index (χ1) is 16.4. The van der Waals surface area contributed by atoms with Gasteiger partial charge in [0.05, 0.1) is 12.7 Å². The zero-order chi connectivity index (χ0) is 25.5. The van der Waals surface area contributed by atoms with Crippen molar-refractivity contribution in [2.75, 3.05) is 7.11 Å². The van der Waals surface area contributed by atoms with Gasteiger partial charge in [-0.3, -0.25) is 9.59 Å². The number of benzene rings is 1. The highest BCUT2D eigenvalue weighted by molar-refractivity contribution is 6.21. The number of ketones is 2. The average molecular weight is 479 g/mol. The molecule has 186 valence electrons. The lowest BCUT2D eigenvalue weighted by atomic mass is 9.53. The van der Waals surface area contributed by atoms with Crippen molar-refractivity contribution in [3.8, 4) is 17.2 Å². The molecular weight excluding hydrogens is 444 g/mol. The van der Waals surface area contributed by atoms with Crippen molar-refractivity contribution in [3.05, 3.63) is 52.1 Å². The van der Waals surface area contributed by atoms with Gasteiger partial charge in [0.2, 0.25) is 11.6 Å². The summed E-state index contributed by atoms with van der Waals surface area (Å²) in [5.74, 6) is -0.193. The van der Waals surface area contributed by atoms with Crippen molar-refractivity contribution in [1.29, 1.82) is 0 Å². The first kappa shape index (κ1) is 23.9. The summed E-state index contributed by atoms with van der Waals surface area (Å²) >= 11 is 0. The molecule has 4 bridgehead atoms. The third kappa shape index (κ3) is 3.11. The molecule has 5 aliphatic rings. The smallest absolute Gasteiger partial charge is 0.213 e. The van der Waals surface area contributed by atoms with Crippen LogP contribution in [0.1, 0.15) is 70.3 Å². The summed E-state index contributed by atoms with van der Waals surface area (Å²) in [4.78, 5) is 28.4. The van der Waals surface area contributed by atoms with Crippen molar-refractivity contribution < 1.29 is 28.9 Å². The van der Waals surface area contributed by atoms with E-state index in [1.807, 2.05) is 59.8 Å². The number of carbonyl (C=O) groups excluding carboxylic acids is 2. The fourth-order valence-electron chi connectivity index (χ4n) is 6.47. The van der Waals surface area contributed by atoms with E-state index < -0.39 is 16.8 Å². The van der Waals surface area contributed by atoms with Gasteiger partial charge in [-0.1, -0.05) is 29.4 Å². The summed E-state index contributed by atoms with van der Waals surface area (Å²) in [5.41, 5.74) is 0.234. The number of Topliss-reactive ketones (excluding diaryl/α,β-unsaturated/α-hetero) is 2. The molecule has 6 heteroatoms. The molecule has 2 heterocycles. The lowest BCUT2D eigenvalue weighted by Gasteiger charge is -2.53. The van der Waals surface area contributed by atoms with Crippen LogP contribution in [0.2, 0.25) is 0 Å². The lowest BCUT2D eigenvalue weighted by molar-refractivity contribution is -0.166. The Kier molecular flexibility index (Phi) is 5.16. The Labute approximate surface area is 206 Å². The molecule has 35 heavy (non-hydrogen) atoms. The van der Waals surface area contributed by atoms with E-state index in [-0.39, 0.29) is 46.2 Å². The van der Waals surface area contributed by atoms with E-state index in [0.717, 1.165) is 11.1 Å². The van der Waals surface area contributed by atoms with Crippen LogP contribution in [0, 0.1) is 11.8 Å². The van der Waals surface area contributed by atoms with Gasteiger partial charge in [0, 0.05) is 41.9 Å². The molecule has 6 nitrogen and oxygen atoms in total. The number of allylic oxidation sites excluding steroid dienone is 3. The molecule has 1 N–H and O–H groups in total. The third-order valence-corrected chi connectivity index (χ3v) is 8.17. The van der Waals surface area contributed by atoms with Gasteiger partial charge >= 0.3 is 0 Å². The highest BCUT2D eigenvalue weighted by Gasteiger charge is 2.76. The van der Waals surface area contributed by atoms with Crippen molar-refractivity contribution in [2.24, 2.45) is 11.8 Å². The number of phenols is 1. The molecule has 1 aromatic rings. The summed E-state index contributed by atoms with van der Waals surface area (Å²) < 4.78 is 18.7. The van der Waals surface area contributed by atoms with Crippen LogP contribution in [-0.4, -0.2) is 40.6 Å². The monoisotopic (exact) mass is 478 g/mol. The summed E-state index contributed by atoms with van der Waals surface area (Å²) in [6.45, 7) is 12.0. The Morgan fingerprint density at radius 2 is 1.86 bits per heavy atom. The average Bonchev–Trinajstić information content (AvgIpc) is 2.97. The molecule has 1 saturated heterocycles. The van der Waals surface area contributed by atoms with E-state index in [1.54, 1.807) is 0 Å². The van der Waals surface area contributed by atoms with E-state index in [1.165, 1.54) is 13.2 Å². The minimum atomic E-state index is -1.44. The molecular formula is C29H34O6. The Balaban J connectivity index is 1.74. The van der Waals surface area contributed by atoms with Crippen LogP contribution in [-0.2, 0) is 16.0 Å². The highest BCUT2D eigenvalue weighted by Crippen LogP contribution is 2.65. The van der Waals surface area contributed by atoms with E-state index in [0.29, 0.717) is 30.4 Å². The number of hydrogen-bond acceptors (Lipinski definition) is 6. The fourth-order valence-corrected chi connectivity index (χ4v) is 6.47. The molecule has 6 rings (SSSR count). The Hall–Kier alpha value is -2.86. The fraction of sp³-hybridized carbons (Fsp3) is 0.517. The number of ether oxygens (including phenoxy) is 3. The van der Waals surface area contributed by atoms with Crippen molar-refractivity contribution >= 4 is 11.6 Å². The quantitative estimate of drug-likeness (QED) is 0.581. The maximum atomic E-state index is 14.4. The first-order valence-corrected chi connectivity index (χ1v) is 12.3. The Bertz CT molecular complexity index is 1240. The van der Waals surface area contributed by atoms with Gasteiger partial charge in [-0.15, -0.1) is 0 Å². The normalized spacial score (nSPS) is 31.2. The molecule has 1 aromatic carbocycles. The standard InChI is InChI=1S/C29H34O6/c1-15(2)8-9-17-21(30)13-22(33-7)23-24(31)19-12-18-20-14-29(19,34-25(17)23)26(32)28(18,11-10-16(3)4)35-27(20,5)6/h8,10,12-13,18,20,30H,9,11,14H2,1-7H3/t18-,20+,28+,29+/m1/s1. The van der Waals surface area contributed by atoms with E-state index in [9.17, 15) is 14.7 Å². The number of hydrogen-bond donors (Lipinski definition) is 1. The van der Waals surface area contributed by atoms with Crippen LogP contribution in [0.5, 0.6) is 17.2 Å². The molecule has 0 radical (unpaired) electrons. The first-order valence-electron chi connectivity index (χ1n) is 12.3. The molecule has 4 atom stereocenters. The van der Waals surface area contributed by atoms with Crippen molar-refractivity contribution in [2.45, 2.75) is 77.6 Å². The van der Waals surface area contributed by atoms with Gasteiger partial charge in [0.25, 0.3) is 0 Å². The second kappa shape index (κ2) is 7.57. The number of aromatic hydroxyl groups is 1. The summed E-state index contributed by atoms with van der Waals surface area (Å²) in [5, 5.41) is 10.9. The third-order valence-electron chi connectivity index (χ3n) is 8.17. The summed E-state index contributed by atoms with van der Waals surface area (Å²) in [6.07, 6.45) is 7.11. The number of fused-ring (bicyclic) bond motifs is 1. The molecule has 1 saturated carbocycles. The largest absolute Gasteiger partial charge is 0.507 e. The maximum Gasteiger partial charge on any atom is 0.213 e. The Morgan fingerprint density at radius 3 is 2.49 bits per heavy atom. The zero-order valence-corrected chi connectivity index (χ0v) is 21.6. The molecule has 0 amide bonds. The molecule has 2 fully saturated rings. The molecule has 3 aliphatic carbocycles. The predicted molar refractivity (Wildman–Crippen MR) is 132 cm³/mol. The van der Waals surface area contributed by atoms with Crippen LogP contribution in [0.25, 0.3) is 0 Å². The van der Waals surface area contributed by atoms with Crippen LogP contribution >= 0.6 is 0 Å². The van der Waals surface area contributed by atoms with Crippen molar-refractivity contribution in [3.63, 3.8) is 0 Å².